The van der Waals surface area contributed by atoms with E-state index in [0.29, 0.717) is 11.5 Å². The molecule has 2 nitrogen and oxygen atoms in total. The van der Waals surface area contributed by atoms with Crippen LogP contribution in [0.25, 0.3) is 0 Å². The first-order valence-electron chi connectivity index (χ1n) is 7.03. The summed E-state index contributed by atoms with van der Waals surface area (Å²) in [4.78, 5) is 0.000981. The van der Waals surface area contributed by atoms with Crippen LogP contribution >= 0.6 is 12.2 Å². The molecule has 0 spiro atoms. The zero-order chi connectivity index (χ0) is 14.8. The Morgan fingerprint density at radius 1 is 1.10 bits per heavy atom. The molecule has 0 amide bonds. The summed E-state index contributed by atoms with van der Waals surface area (Å²) in [7, 11) is 0. The van der Waals surface area contributed by atoms with Crippen molar-refractivity contribution in [2.45, 2.75) is 25.7 Å². The van der Waals surface area contributed by atoms with Gasteiger partial charge < -0.3 is 10.5 Å². The van der Waals surface area contributed by atoms with E-state index in [1.54, 1.807) is 12.1 Å². The van der Waals surface area contributed by atoms with Gasteiger partial charge in [-0.05, 0) is 61.1 Å². The van der Waals surface area contributed by atoms with Gasteiger partial charge in [0, 0.05) is 0 Å². The fourth-order valence-electron chi connectivity index (χ4n) is 2.73. The first-order chi connectivity index (χ1) is 10.1. The van der Waals surface area contributed by atoms with Crippen molar-refractivity contribution < 1.29 is 9.13 Å². The largest absolute Gasteiger partial charge is 0.457 e. The number of hydrogen-bond acceptors (Lipinski definition) is 2. The number of ether oxygens (including phenoxy) is 1. The molecule has 0 saturated heterocycles. The van der Waals surface area contributed by atoms with E-state index in [1.807, 2.05) is 12.1 Å². The topological polar surface area (TPSA) is 35.2 Å². The third kappa shape index (κ3) is 2.90. The van der Waals surface area contributed by atoms with Crippen molar-refractivity contribution >= 4 is 17.2 Å². The Kier molecular flexibility index (Phi) is 3.88. The predicted molar refractivity (Wildman–Crippen MR) is 85.4 cm³/mol. The molecule has 108 valence electrons. The van der Waals surface area contributed by atoms with Gasteiger partial charge in [0.1, 0.15) is 22.3 Å². The third-order valence-electron chi connectivity index (χ3n) is 3.77. The fraction of sp³-hybridized carbons (Fsp3) is 0.235. The number of nitrogens with two attached hydrogens (primary N) is 1. The van der Waals surface area contributed by atoms with Gasteiger partial charge in [0.25, 0.3) is 0 Å². The molecule has 4 heteroatoms. The summed E-state index contributed by atoms with van der Waals surface area (Å²) in [5.41, 5.74) is 8.44. The summed E-state index contributed by atoms with van der Waals surface area (Å²) < 4.78 is 19.6. The molecule has 0 bridgehead atoms. The van der Waals surface area contributed by atoms with Crippen molar-refractivity contribution in [3.8, 4) is 11.5 Å². The number of rotatable bonds is 3. The van der Waals surface area contributed by atoms with Gasteiger partial charge in [-0.15, -0.1) is 0 Å². The highest BCUT2D eigenvalue weighted by Gasteiger charge is 2.14. The standard InChI is InChI=1S/C17H16FNOS/c18-14-6-3-7-15(16(14)17(19)21)20-13-9-8-11-4-1-2-5-12(11)10-13/h3,6-10H,1-2,4-5H2,(H2,19,21). The van der Waals surface area contributed by atoms with Crippen molar-refractivity contribution in [1.82, 2.24) is 0 Å². The average Bonchev–Trinajstić information content (AvgIpc) is 2.47. The molecule has 0 radical (unpaired) electrons. The molecule has 0 atom stereocenters. The predicted octanol–water partition coefficient (Wildman–Crippen LogP) is 4.13. The van der Waals surface area contributed by atoms with Crippen molar-refractivity contribution in [2.75, 3.05) is 0 Å². The molecular formula is C17H16FNOS. The Bertz CT molecular complexity index is 699. The first kappa shape index (κ1) is 14.0. The number of thiocarbonyl (C=S) groups is 1. The minimum atomic E-state index is -0.460. The Balaban J connectivity index is 1.94. The van der Waals surface area contributed by atoms with E-state index < -0.39 is 5.82 Å². The Morgan fingerprint density at radius 3 is 2.62 bits per heavy atom. The van der Waals surface area contributed by atoms with E-state index >= 15 is 0 Å². The van der Waals surface area contributed by atoms with Crippen molar-refractivity contribution in [2.24, 2.45) is 5.73 Å². The summed E-state index contributed by atoms with van der Waals surface area (Å²) in [5.74, 6) is 0.593. The van der Waals surface area contributed by atoms with Gasteiger partial charge in [0.2, 0.25) is 0 Å². The maximum atomic E-state index is 13.8. The van der Waals surface area contributed by atoms with E-state index in [2.05, 4.69) is 6.07 Å². The van der Waals surface area contributed by atoms with E-state index in [-0.39, 0.29) is 10.6 Å². The quantitative estimate of drug-likeness (QED) is 0.866. The van der Waals surface area contributed by atoms with Crippen LogP contribution in [0.1, 0.15) is 29.5 Å². The van der Waals surface area contributed by atoms with E-state index in [9.17, 15) is 4.39 Å². The molecule has 21 heavy (non-hydrogen) atoms. The fourth-order valence-corrected chi connectivity index (χ4v) is 2.93. The number of hydrogen-bond donors (Lipinski definition) is 1. The number of fused-ring (bicyclic) bond motifs is 1. The van der Waals surface area contributed by atoms with E-state index in [1.165, 1.54) is 30.0 Å². The molecule has 0 saturated carbocycles. The van der Waals surface area contributed by atoms with Crippen LogP contribution in [0.5, 0.6) is 11.5 Å². The van der Waals surface area contributed by atoms with Crippen molar-refractivity contribution in [3.63, 3.8) is 0 Å². The molecule has 0 heterocycles. The van der Waals surface area contributed by atoms with Gasteiger partial charge in [-0.2, -0.15) is 0 Å². The summed E-state index contributed by atoms with van der Waals surface area (Å²) in [5, 5.41) is 0. The van der Waals surface area contributed by atoms with Crippen LogP contribution in [0.2, 0.25) is 0 Å². The van der Waals surface area contributed by atoms with Gasteiger partial charge >= 0.3 is 0 Å². The van der Waals surface area contributed by atoms with Crippen LogP contribution in [0.4, 0.5) is 4.39 Å². The van der Waals surface area contributed by atoms with Gasteiger partial charge in [-0.1, -0.05) is 24.4 Å². The lowest BCUT2D eigenvalue weighted by Crippen LogP contribution is -2.13. The van der Waals surface area contributed by atoms with E-state index in [0.717, 1.165) is 12.8 Å². The monoisotopic (exact) mass is 301 g/mol. The van der Waals surface area contributed by atoms with Gasteiger partial charge in [0.15, 0.2) is 0 Å². The molecule has 1 aliphatic rings. The lowest BCUT2D eigenvalue weighted by Gasteiger charge is -2.17. The zero-order valence-electron chi connectivity index (χ0n) is 11.6. The van der Waals surface area contributed by atoms with E-state index in [4.69, 9.17) is 22.7 Å². The van der Waals surface area contributed by atoms with Gasteiger partial charge in [-0.3, -0.25) is 0 Å². The molecule has 2 aromatic carbocycles. The van der Waals surface area contributed by atoms with Gasteiger partial charge in [-0.25, -0.2) is 4.39 Å². The van der Waals surface area contributed by atoms with Crippen molar-refractivity contribution in [3.05, 3.63) is 58.9 Å². The molecular weight excluding hydrogens is 285 g/mol. The highest BCUT2D eigenvalue weighted by Crippen LogP contribution is 2.30. The second-order valence-electron chi connectivity index (χ2n) is 5.22. The summed E-state index contributed by atoms with van der Waals surface area (Å²) in [6.45, 7) is 0. The van der Waals surface area contributed by atoms with Crippen LogP contribution < -0.4 is 10.5 Å². The molecule has 0 unspecified atom stereocenters. The van der Waals surface area contributed by atoms with Crippen LogP contribution in [-0.4, -0.2) is 4.99 Å². The van der Waals surface area contributed by atoms with Crippen LogP contribution in [0.3, 0.4) is 0 Å². The molecule has 0 fully saturated rings. The normalized spacial score (nSPS) is 13.6. The summed E-state index contributed by atoms with van der Waals surface area (Å²) >= 11 is 4.91. The lowest BCUT2D eigenvalue weighted by atomic mass is 9.92. The Morgan fingerprint density at radius 2 is 1.86 bits per heavy atom. The zero-order valence-corrected chi connectivity index (χ0v) is 12.4. The second-order valence-corrected chi connectivity index (χ2v) is 5.66. The lowest BCUT2D eigenvalue weighted by molar-refractivity contribution is 0.473. The highest BCUT2D eigenvalue weighted by molar-refractivity contribution is 7.80. The SMILES string of the molecule is NC(=S)c1c(F)cccc1Oc1ccc2c(c1)CCCC2. The van der Waals surface area contributed by atoms with Crippen LogP contribution in [-0.2, 0) is 12.8 Å². The van der Waals surface area contributed by atoms with Gasteiger partial charge in [0.05, 0.1) is 5.56 Å². The molecule has 0 aliphatic heterocycles. The minimum Gasteiger partial charge on any atom is -0.457 e. The second kappa shape index (κ2) is 5.82. The summed E-state index contributed by atoms with van der Waals surface area (Å²) in [6, 6.07) is 10.6. The number of aryl methyl sites for hydroxylation is 2. The molecule has 3 rings (SSSR count). The number of benzene rings is 2. The third-order valence-corrected chi connectivity index (χ3v) is 3.97. The van der Waals surface area contributed by atoms with Crippen LogP contribution in [0.15, 0.2) is 36.4 Å². The number of halogens is 1. The maximum Gasteiger partial charge on any atom is 0.140 e. The smallest absolute Gasteiger partial charge is 0.140 e. The van der Waals surface area contributed by atoms with Crippen molar-refractivity contribution in [1.29, 1.82) is 0 Å². The Hall–Kier alpha value is -1.94. The molecule has 2 aromatic rings. The summed E-state index contributed by atoms with van der Waals surface area (Å²) in [6.07, 6.45) is 4.63. The van der Waals surface area contributed by atoms with Crippen LogP contribution in [0, 0.1) is 5.82 Å². The minimum absolute atomic E-state index is 0.000981. The first-order valence-corrected chi connectivity index (χ1v) is 7.44. The average molecular weight is 301 g/mol. The maximum absolute atomic E-state index is 13.8. The highest BCUT2D eigenvalue weighted by atomic mass is 32.1. The molecule has 2 N–H and O–H groups in total. The molecule has 0 aromatic heterocycles. The Labute approximate surface area is 128 Å². The molecule has 1 aliphatic carbocycles.